The SMILES string of the molecule is CC(C)(C(=O)NCc1ccc(CS(C)(=O)=O)cc1)c1ccccc1. The lowest BCUT2D eigenvalue weighted by molar-refractivity contribution is -0.125. The molecular formula is C19H23NO3S. The number of benzene rings is 2. The van der Waals surface area contributed by atoms with Gasteiger partial charge in [-0.25, -0.2) is 8.42 Å². The highest BCUT2D eigenvalue weighted by molar-refractivity contribution is 7.89. The molecule has 1 amide bonds. The van der Waals surface area contributed by atoms with E-state index in [1.54, 1.807) is 12.1 Å². The Bertz CT molecular complexity index is 794. The second-order valence-corrected chi connectivity index (χ2v) is 8.70. The highest BCUT2D eigenvalue weighted by Crippen LogP contribution is 2.23. The Labute approximate surface area is 143 Å². The Morgan fingerprint density at radius 1 is 0.958 bits per heavy atom. The molecule has 0 saturated heterocycles. The summed E-state index contributed by atoms with van der Waals surface area (Å²) in [6.07, 6.45) is 1.22. The minimum absolute atomic E-state index is 0.0284. The molecule has 2 aromatic rings. The van der Waals surface area contributed by atoms with Crippen LogP contribution in [0.5, 0.6) is 0 Å². The summed E-state index contributed by atoms with van der Waals surface area (Å²) in [4.78, 5) is 12.5. The molecule has 0 unspecified atom stereocenters. The van der Waals surface area contributed by atoms with E-state index in [4.69, 9.17) is 0 Å². The van der Waals surface area contributed by atoms with Crippen LogP contribution >= 0.6 is 0 Å². The molecule has 5 heteroatoms. The van der Waals surface area contributed by atoms with Gasteiger partial charge in [-0.2, -0.15) is 0 Å². The van der Waals surface area contributed by atoms with Gasteiger partial charge in [-0.3, -0.25) is 4.79 Å². The van der Waals surface area contributed by atoms with Gasteiger partial charge >= 0.3 is 0 Å². The van der Waals surface area contributed by atoms with Gasteiger partial charge in [0.2, 0.25) is 5.91 Å². The molecule has 0 spiro atoms. The van der Waals surface area contributed by atoms with Gasteiger partial charge in [-0.15, -0.1) is 0 Å². The Balaban J connectivity index is 1.99. The minimum Gasteiger partial charge on any atom is -0.351 e. The molecule has 0 aliphatic rings. The van der Waals surface area contributed by atoms with Gasteiger partial charge in [0, 0.05) is 12.8 Å². The summed E-state index contributed by atoms with van der Waals surface area (Å²) in [5, 5.41) is 2.95. The van der Waals surface area contributed by atoms with Gasteiger partial charge < -0.3 is 5.32 Å². The Morgan fingerprint density at radius 2 is 1.50 bits per heavy atom. The van der Waals surface area contributed by atoms with Crippen LogP contribution in [0.2, 0.25) is 0 Å². The van der Waals surface area contributed by atoms with Crippen LogP contribution in [-0.2, 0) is 32.3 Å². The first kappa shape index (κ1) is 18.2. The fraction of sp³-hybridized carbons (Fsp3) is 0.316. The summed E-state index contributed by atoms with van der Waals surface area (Å²) >= 11 is 0. The van der Waals surface area contributed by atoms with Crippen LogP contribution in [-0.4, -0.2) is 20.6 Å². The lowest BCUT2D eigenvalue weighted by Crippen LogP contribution is -2.39. The number of carbonyl (C=O) groups excluding carboxylic acids is 1. The first-order valence-corrected chi connectivity index (χ1v) is 9.84. The van der Waals surface area contributed by atoms with Gasteiger partial charge in [0.25, 0.3) is 0 Å². The zero-order valence-electron chi connectivity index (χ0n) is 14.2. The summed E-state index contributed by atoms with van der Waals surface area (Å²) < 4.78 is 22.6. The number of amides is 1. The molecule has 0 heterocycles. The molecule has 2 rings (SSSR count). The van der Waals surface area contributed by atoms with Crippen LogP contribution in [0.1, 0.15) is 30.5 Å². The third-order valence-electron chi connectivity index (χ3n) is 3.97. The van der Waals surface area contributed by atoms with Crippen LogP contribution in [0.4, 0.5) is 0 Å². The topological polar surface area (TPSA) is 63.2 Å². The van der Waals surface area contributed by atoms with E-state index in [9.17, 15) is 13.2 Å². The molecule has 0 radical (unpaired) electrons. The number of sulfone groups is 1. The lowest BCUT2D eigenvalue weighted by Gasteiger charge is -2.24. The van der Waals surface area contributed by atoms with E-state index in [0.717, 1.165) is 16.7 Å². The van der Waals surface area contributed by atoms with Crippen LogP contribution in [0, 0.1) is 0 Å². The van der Waals surface area contributed by atoms with Crippen molar-refractivity contribution in [3.05, 3.63) is 71.3 Å². The minimum atomic E-state index is -3.04. The van der Waals surface area contributed by atoms with Crippen molar-refractivity contribution in [2.45, 2.75) is 31.6 Å². The maximum Gasteiger partial charge on any atom is 0.230 e. The zero-order valence-corrected chi connectivity index (χ0v) is 15.1. The summed E-state index contributed by atoms with van der Waals surface area (Å²) in [5.74, 6) is -0.0189. The Hall–Kier alpha value is -2.14. The van der Waals surface area contributed by atoms with Crippen molar-refractivity contribution in [1.82, 2.24) is 5.32 Å². The molecule has 0 aliphatic heterocycles. The van der Waals surface area contributed by atoms with E-state index in [-0.39, 0.29) is 11.7 Å². The van der Waals surface area contributed by atoms with Crippen molar-refractivity contribution >= 4 is 15.7 Å². The van der Waals surface area contributed by atoms with Crippen molar-refractivity contribution < 1.29 is 13.2 Å². The second-order valence-electron chi connectivity index (χ2n) is 6.56. The molecule has 0 saturated carbocycles. The predicted octanol–water partition coefficient (Wildman–Crippen LogP) is 2.83. The Kier molecular flexibility index (Phi) is 5.44. The standard InChI is InChI=1S/C19H23NO3S/c1-19(2,17-7-5-4-6-8-17)18(21)20-13-15-9-11-16(12-10-15)14-24(3,22)23/h4-12H,13-14H2,1-3H3,(H,20,21). The van der Waals surface area contributed by atoms with E-state index >= 15 is 0 Å². The molecule has 128 valence electrons. The lowest BCUT2D eigenvalue weighted by atomic mass is 9.84. The van der Waals surface area contributed by atoms with E-state index in [1.165, 1.54) is 6.26 Å². The third kappa shape index (κ3) is 4.93. The Morgan fingerprint density at radius 3 is 2.04 bits per heavy atom. The molecule has 0 fully saturated rings. The molecule has 0 aliphatic carbocycles. The summed E-state index contributed by atoms with van der Waals surface area (Å²) in [7, 11) is -3.04. The molecule has 0 aromatic heterocycles. The summed E-state index contributed by atoms with van der Waals surface area (Å²) in [6, 6.07) is 16.9. The van der Waals surface area contributed by atoms with Crippen LogP contribution in [0.25, 0.3) is 0 Å². The molecule has 0 bridgehead atoms. The first-order chi connectivity index (χ1) is 11.2. The fourth-order valence-corrected chi connectivity index (χ4v) is 3.24. The first-order valence-electron chi connectivity index (χ1n) is 7.78. The van der Waals surface area contributed by atoms with E-state index < -0.39 is 15.3 Å². The molecule has 2 aromatic carbocycles. The molecule has 1 N–H and O–H groups in total. The summed E-state index contributed by atoms with van der Waals surface area (Å²) in [5.41, 5.74) is 2.03. The summed E-state index contributed by atoms with van der Waals surface area (Å²) in [6.45, 7) is 4.20. The van der Waals surface area contributed by atoms with Gasteiger partial charge in [0.15, 0.2) is 9.84 Å². The fourth-order valence-electron chi connectivity index (χ4n) is 2.45. The zero-order chi connectivity index (χ0) is 17.8. The molecule has 0 atom stereocenters. The second kappa shape index (κ2) is 7.18. The molecular weight excluding hydrogens is 322 g/mol. The van der Waals surface area contributed by atoms with Crippen LogP contribution in [0.15, 0.2) is 54.6 Å². The normalized spacial score (nSPS) is 12.0. The smallest absolute Gasteiger partial charge is 0.230 e. The van der Waals surface area contributed by atoms with Crippen molar-refractivity contribution in [1.29, 1.82) is 0 Å². The van der Waals surface area contributed by atoms with Crippen molar-refractivity contribution in [3.63, 3.8) is 0 Å². The maximum atomic E-state index is 12.5. The average molecular weight is 345 g/mol. The number of rotatable bonds is 6. The third-order valence-corrected chi connectivity index (χ3v) is 4.83. The van der Waals surface area contributed by atoms with Gasteiger partial charge in [-0.05, 0) is 30.5 Å². The number of nitrogens with one attached hydrogen (secondary N) is 1. The average Bonchev–Trinajstić information content (AvgIpc) is 2.53. The van der Waals surface area contributed by atoms with Crippen molar-refractivity contribution in [3.8, 4) is 0 Å². The van der Waals surface area contributed by atoms with Gasteiger partial charge in [0.05, 0.1) is 11.2 Å². The highest BCUT2D eigenvalue weighted by atomic mass is 32.2. The number of carbonyl (C=O) groups is 1. The van der Waals surface area contributed by atoms with Gasteiger partial charge in [0.1, 0.15) is 0 Å². The largest absolute Gasteiger partial charge is 0.351 e. The monoisotopic (exact) mass is 345 g/mol. The quantitative estimate of drug-likeness (QED) is 0.876. The number of hydrogen-bond donors (Lipinski definition) is 1. The van der Waals surface area contributed by atoms with Crippen molar-refractivity contribution in [2.75, 3.05) is 6.26 Å². The molecule has 4 nitrogen and oxygen atoms in total. The molecule has 24 heavy (non-hydrogen) atoms. The van der Waals surface area contributed by atoms with Crippen LogP contribution < -0.4 is 5.32 Å². The number of hydrogen-bond acceptors (Lipinski definition) is 3. The maximum absolute atomic E-state index is 12.5. The van der Waals surface area contributed by atoms with E-state index in [1.807, 2.05) is 56.3 Å². The van der Waals surface area contributed by atoms with Gasteiger partial charge in [-0.1, -0.05) is 54.6 Å². The van der Waals surface area contributed by atoms with Crippen molar-refractivity contribution in [2.24, 2.45) is 0 Å². The van der Waals surface area contributed by atoms with E-state index in [0.29, 0.717) is 6.54 Å². The highest BCUT2D eigenvalue weighted by Gasteiger charge is 2.29. The van der Waals surface area contributed by atoms with E-state index in [2.05, 4.69) is 5.32 Å². The predicted molar refractivity (Wildman–Crippen MR) is 96.3 cm³/mol. The van der Waals surface area contributed by atoms with Crippen LogP contribution in [0.3, 0.4) is 0 Å².